The number of aromatic nitrogens is 4. The standard InChI is InChI=1S/C25H30N8O2.C13H18N2O2/c1-31-24-19(23(30-31)18-3-5-22(34)29-25(18)35)13-27-14-20(24)33-8-6-32(7-9-33)17-10-16(11-17)15-2-4-21(26)28-12-15;1-5-15-8-10(2)11(3)12(9-16)6-7-13(17)14-4/h2,4,12-14,16-18H,3,5-11H2,1H3,(H2,26,28)(H,29,34,35);5,8-9,12H,1-3,6-7H2,4H3,(H,14,17). The minimum absolute atomic E-state index is 0.102. The van der Waals surface area contributed by atoms with Gasteiger partial charge < -0.3 is 20.7 Å². The van der Waals surface area contributed by atoms with Crippen LogP contribution in [0.1, 0.15) is 61.6 Å². The van der Waals surface area contributed by atoms with E-state index in [1.165, 1.54) is 30.8 Å². The van der Waals surface area contributed by atoms with Gasteiger partial charge in [-0.1, -0.05) is 25.8 Å². The van der Waals surface area contributed by atoms with Crippen molar-refractivity contribution in [2.24, 2.45) is 18.0 Å². The Balaban J connectivity index is 0.000000262. The average molecular weight is 709 g/mol. The molecule has 6 rings (SSSR count). The number of carbonyl (C=O) groups is 4. The molecule has 5 heterocycles. The van der Waals surface area contributed by atoms with Crippen molar-refractivity contribution in [1.29, 1.82) is 0 Å². The number of nitrogens with zero attached hydrogens (tertiary/aromatic N) is 7. The summed E-state index contributed by atoms with van der Waals surface area (Å²) in [6.07, 6.45) is 13.1. The van der Waals surface area contributed by atoms with Crippen molar-refractivity contribution in [2.45, 2.75) is 56.4 Å². The Morgan fingerprint density at radius 1 is 1.15 bits per heavy atom. The van der Waals surface area contributed by atoms with E-state index in [0.29, 0.717) is 53.9 Å². The minimum atomic E-state index is -0.423. The maximum absolute atomic E-state index is 12.5. The van der Waals surface area contributed by atoms with Gasteiger partial charge in [0, 0.05) is 95.3 Å². The highest BCUT2D eigenvalue weighted by Crippen LogP contribution is 2.40. The molecule has 0 aromatic carbocycles. The highest BCUT2D eigenvalue weighted by molar-refractivity contribution is 6.03. The van der Waals surface area contributed by atoms with Crippen LogP contribution in [0.15, 0.2) is 72.8 Å². The smallest absolute Gasteiger partial charge is 0.235 e. The number of nitrogens with one attached hydrogen (secondary N) is 2. The fourth-order valence-corrected chi connectivity index (χ4v) is 7.02. The average Bonchev–Trinajstić information content (AvgIpc) is 3.47. The topological polar surface area (TPSA) is 181 Å². The first kappa shape index (κ1) is 37.7. The highest BCUT2D eigenvalue weighted by atomic mass is 16.2. The molecule has 274 valence electrons. The van der Waals surface area contributed by atoms with Crippen molar-refractivity contribution in [1.82, 2.24) is 35.3 Å². The molecule has 2 aliphatic heterocycles. The lowest BCUT2D eigenvalue weighted by Crippen LogP contribution is -2.53. The van der Waals surface area contributed by atoms with Gasteiger partial charge in [-0.15, -0.1) is 0 Å². The summed E-state index contributed by atoms with van der Waals surface area (Å²) >= 11 is 0. The fourth-order valence-electron chi connectivity index (χ4n) is 7.02. The van der Waals surface area contributed by atoms with Crippen LogP contribution in [0.25, 0.3) is 10.9 Å². The van der Waals surface area contributed by atoms with Crippen LogP contribution in [0.3, 0.4) is 0 Å². The van der Waals surface area contributed by atoms with E-state index in [1.54, 1.807) is 13.2 Å². The van der Waals surface area contributed by atoms with Crippen LogP contribution in [0, 0.1) is 5.92 Å². The van der Waals surface area contributed by atoms with Gasteiger partial charge in [-0.05, 0) is 54.4 Å². The van der Waals surface area contributed by atoms with Gasteiger partial charge in [0.25, 0.3) is 0 Å². The second-order valence-electron chi connectivity index (χ2n) is 13.4. The molecule has 3 aliphatic rings. The lowest BCUT2D eigenvalue weighted by Gasteiger charge is -2.47. The lowest BCUT2D eigenvalue weighted by atomic mass is 9.75. The number of hydrogen-bond donors (Lipinski definition) is 3. The number of pyridine rings is 2. The second kappa shape index (κ2) is 17.1. The van der Waals surface area contributed by atoms with E-state index in [0.717, 1.165) is 49.1 Å². The fraction of sp³-hybridized carbons (Fsp3) is 0.421. The van der Waals surface area contributed by atoms with Gasteiger partial charge in [0.1, 0.15) is 12.1 Å². The van der Waals surface area contributed by atoms with E-state index in [4.69, 9.17) is 10.8 Å². The molecule has 0 spiro atoms. The SMILES string of the molecule is C=CN=CC(=C)C(=C)C(C=O)CCC(=O)NC.Cn1nc(C2CCC(=O)NC2=O)c2cncc(N3CCN(C4CC(c5ccc(N)nc5)C4)CC3)c21. The van der Waals surface area contributed by atoms with Gasteiger partial charge >= 0.3 is 0 Å². The molecule has 1 aliphatic carbocycles. The van der Waals surface area contributed by atoms with Gasteiger partial charge in [-0.25, -0.2) is 4.98 Å². The number of hydrogen-bond acceptors (Lipinski definition) is 11. The Morgan fingerprint density at radius 2 is 1.90 bits per heavy atom. The molecule has 1 saturated carbocycles. The second-order valence-corrected chi connectivity index (χ2v) is 13.4. The number of piperidine rings is 1. The molecule has 14 heteroatoms. The summed E-state index contributed by atoms with van der Waals surface area (Å²) < 4.78 is 1.86. The van der Waals surface area contributed by atoms with E-state index in [2.05, 4.69) is 61.2 Å². The van der Waals surface area contributed by atoms with Gasteiger partial charge in [0.2, 0.25) is 17.7 Å². The van der Waals surface area contributed by atoms with E-state index in [9.17, 15) is 19.2 Å². The van der Waals surface area contributed by atoms with Crippen LogP contribution in [0.5, 0.6) is 0 Å². The predicted molar refractivity (Wildman–Crippen MR) is 202 cm³/mol. The molecule has 3 amide bonds. The number of fused-ring (bicyclic) bond motifs is 1. The Hall–Kier alpha value is -5.50. The normalized spacial score (nSPS) is 21.0. The van der Waals surface area contributed by atoms with Crippen LogP contribution in [-0.4, -0.2) is 94.1 Å². The third-order valence-electron chi connectivity index (χ3n) is 10.2. The largest absolute Gasteiger partial charge is 0.384 e. The summed E-state index contributed by atoms with van der Waals surface area (Å²) in [6.45, 7) is 14.8. The molecule has 52 heavy (non-hydrogen) atoms. The van der Waals surface area contributed by atoms with Crippen molar-refractivity contribution < 1.29 is 19.2 Å². The molecule has 3 aromatic heterocycles. The molecule has 3 aromatic rings. The van der Waals surface area contributed by atoms with Crippen molar-refractivity contribution in [3.63, 3.8) is 0 Å². The number of imide groups is 1. The predicted octanol–water partition coefficient (Wildman–Crippen LogP) is 3.19. The number of piperazine rings is 1. The summed E-state index contributed by atoms with van der Waals surface area (Å²) in [4.78, 5) is 63.6. The first-order valence-corrected chi connectivity index (χ1v) is 17.6. The monoisotopic (exact) mass is 708 g/mol. The maximum atomic E-state index is 12.5. The van der Waals surface area contributed by atoms with E-state index in [-0.39, 0.29) is 24.1 Å². The zero-order valence-corrected chi connectivity index (χ0v) is 30.0. The van der Waals surface area contributed by atoms with Crippen molar-refractivity contribution in [2.75, 3.05) is 43.9 Å². The van der Waals surface area contributed by atoms with Crippen LogP contribution < -0.4 is 21.3 Å². The summed E-state index contributed by atoms with van der Waals surface area (Å²) in [5.41, 5.74) is 10.9. The van der Waals surface area contributed by atoms with Crippen molar-refractivity contribution >= 4 is 52.6 Å². The van der Waals surface area contributed by atoms with Gasteiger partial charge in [-0.2, -0.15) is 5.10 Å². The third kappa shape index (κ3) is 8.68. The van der Waals surface area contributed by atoms with Gasteiger partial charge in [0.15, 0.2) is 0 Å². The van der Waals surface area contributed by atoms with Crippen LogP contribution in [-0.2, 0) is 26.2 Å². The number of anilines is 2. The molecule has 0 radical (unpaired) electrons. The zero-order chi connectivity index (χ0) is 37.4. The summed E-state index contributed by atoms with van der Waals surface area (Å²) in [5.74, 6) is -0.272. The highest BCUT2D eigenvalue weighted by Gasteiger charge is 2.37. The lowest BCUT2D eigenvalue weighted by molar-refractivity contribution is -0.134. The maximum Gasteiger partial charge on any atom is 0.235 e. The molecule has 3 fully saturated rings. The molecular formula is C38H48N10O4. The number of aliphatic imine (C=N–C) groups is 1. The summed E-state index contributed by atoms with van der Waals surface area (Å²) in [5, 5.41) is 10.5. The van der Waals surface area contributed by atoms with E-state index >= 15 is 0 Å². The number of aldehydes is 1. The van der Waals surface area contributed by atoms with E-state index in [1.807, 2.05) is 30.2 Å². The van der Waals surface area contributed by atoms with Crippen molar-refractivity contribution in [3.05, 3.63) is 79.1 Å². The van der Waals surface area contributed by atoms with Crippen LogP contribution in [0.2, 0.25) is 0 Å². The Labute approximate surface area is 303 Å². The van der Waals surface area contributed by atoms with Crippen LogP contribution in [0.4, 0.5) is 11.5 Å². The number of amides is 3. The quantitative estimate of drug-likeness (QED) is 0.109. The number of carbonyl (C=O) groups excluding carboxylic acids is 4. The molecule has 2 atom stereocenters. The van der Waals surface area contributed by atoms with Crippen molar-refractivity contribution in [3.8, 4) is 0 Å². The molecule has 0 bridgehead atoms. The molecule has 14 nitrogen and oxygen atoms in total. The summed E-state index contributed by atoms with van der Waals surface area (Å²) in [7, 11) is 3.47. The molecular weight excluding hydrogens is 660 g/mol. The number of allylic oxidation sites excluding steroid dienone is 2. The number of rotatable bonds is 12. The first-order chi connectivity index (χ1) is 25.0. The minimum Gasteiger partial charge on any atom is -0.384 e. The molecule has 2 saturated heterocycles. The Morgan fingerprint density at radius 3 is 2.54 bits per heavy atom. The van der Waals surface area contributed by atoms with Crippen LogP contribution >= 0.6 is 0 Å². The zero-order valence-electron chi connectivity index (χ0n) is 30.0. The number of aryl methyl sites for hydroxylation is 1. The first-order valence-electron chi connectivity index (χ1n) is 17.6. The molecule has 2 unspecified atom stereocenters. The number of nitrogens with two attached hydrogens (primary N) is 1. The van der Waals surface area contributed by atoms with Gasteiger partial charge in [0.05, 0.1) is 29.0 Å². The van der Waals surface area contributed by atoms with Gasteiger partial charge in [-0.3, -0.25) is 39.3 Å². The Kier molecular flexibility index (Phi) is 12.4. The van der Waals surface area contributed by atoms with E-state index < -0.39 is 11.8 Å². The number of nitrogen functional groups attached to an aromatic ring is 1. The third-order valence-corrected chi connectivity index (χ3v) is 10.2. The summed E-state index contributed by atoms with van der Waals surface area (Å²) in [6, 6.07) is 4.61. The molecule has 4 N–H and O–H groups in total. The Bertz CT molecular complexity index is 1850.